The van der Waals surface area contributed by atoms with Crippen molar-refractivity contribution in [2.24, 2.45) is 11.8 Å². The predicted molar refractivity (Wildman–Crippen MR) is 74.3 cm³/mol. The Bertz CT molecular complexity index is 432. The largest absolute Gasteiger partial charge is 0.313 e. The molecule has 0 atom stereocenters. The van der Waals surface area contributed by atoms with Gasteiger partial charge in [0.1, 0.15) is 11.6 Å². The van der Waals surface area contributed by atoms with Gasteiger partial charge in [-0.1, -0.05) is 0 Å². The third-order valence-electron chi connectivity index (χ3n) is 3.89. The Labute approximate surface area is 117 Å². The van der Waals surface area contributed by atoms with Crippen LogP contribution in [0.15, 0.2) is 23.1 Å². The van der Waals surface area contributed by atoms with E-state index >= 15 is 0 Å². The second-order valence-electron chi connectivity index (χ2n) is 5.58. The highest BCUT2D eigenvalue weighted by molar-refractivity contribution is 7.99. The second-order valence-corrected chi connectivity index (χ2v) is 6.71. The lowest BCUT2D eigenvalue weighted by Gasteiger charge is -2.17. The molecule has 19 heavy (non-hydrogen) atoms. The van der Waals surface area contributed by atoms with Crippen LogP contribution in [0.25, 0.3) is 0 Å². The molecule has 0 heterocycles. The summed E-state index contributed by atoms with van der Waals surface area (Å²) in [7, 11) is 0. The third-order valence-corrected chi connectivity index (χ3v) is 4.92. The molecule has 1 aromatic carbocycles. The summed E-state index contributed by atoms with van der Waals surface area (Å²) in [5, 5.41) is 3.61. The number of benzene rings is 1. The van der Waals surface area contributed by atoms with Crippen LogP contribution in [0.3, 0.4) is 0 Å². The standard InChI is InChI=1S/C15H19F2NS/c16-12-5-6-13(17)14(9-12)19-8-7-18-15(10-1-2-10)11-3-4-11/h5-6,9-11,15,18H,1-4,7-8H2. The highest BCUT2D eigenvalue weighted by Crippen LogP contribution is 2.44. The van der Waals surface area contributed by atoms with Crippen LogP contribution in [0.2, 0.25) is 0 Å². The fraction of sp³-hybridized carbons (Fsp3) is 0.600. The fourth-order valence-corrected chi connectivity index (χ4v) is 3.44. The maximum absolute atomic E-state index is 13.4. The quantitative estimate of drug-likeness (QED) is 0.603. The van der Waals surface area contributed by atoms with Gasteiger partial charge in [0.05, 0.1) is 0 Å². The molecule has 104 valence electrons. The smallest absolute Gasteiger partial charge is 0.136 e. The van der Waals surface area contributed by atoms with Crippen molar-refractivity contribution >= 4 is 11.8 Å². The first kappa shape index (κ1) is 13.4. The summed E-state index contributed by atoms with van der Waals surface area (Å²) in [6.45, 7) is 0.873. The van der Waals surface area contributed by atoms with Crippen LogP contribution in [-0.4, -0.2) is 18.3 Å². The minimum atomic E-state index is -0.370. The van der Waals surface area contributed by atoms with Crippen LogP contribution in [0.1, 0.15) is 25.7 Å². The van der Waals surface area contributed by atoms with E-state index in [0.717, 1.165) is 30.2 Å². The van der Waals surface area contributed by atoms with Crippen molar-refractivity contribution in [1.82, 2.24) is 5.32 Å². The van der Waals surface area contributed by atoms with E-state index in [9.17, 15) is 8.78 Å². The summed E-state index contributed by atoms with van der Waals surface area (Å²) in [6.07, 6.45) is 5.44. The summed E-state index contributed by atoms with van der Waals surface area (Å²) >= 11 is 1.39. The molecule has 0 saturated heterocycles. The number of hydrogen-bond acceptors (Lipinski definition) is 2. The van der Waals surface area contributed by atoms with E-state index in [2.05, 4.69) is 5.32 Å². The van der Waals surface area contributed by atoms with Crippen molar-refractivity contribution in [3.8, 4) is 0 Å². The Morgan fingerprint density at radius 1 is 1.16 bits per heavy atom. The molecule has 2 fully saturated rings. The normalized spacial score (nSPS) is 19.1. The zero-order valence-electron chi connectivity index (χ0n) is 10.9. The van der Waals surface area contributed by atoms with Crippen LogP contribution in [-0.2, 0) is 0 Å². The van der Waals surface area contributed by atoms with Gasteiger partial charge in [-0.3, -0.25) is 0 Å². The molecule has 2 aliphatic rings. The molecule has 1 N–H and O–H groups in total. The Kier molecular flexibility index (Phi) is 4.08. The van der Waals surface area contributed by atoms with E-state index in [1.807, 2.05) is 0 Å². The van der Waals surface area contributed by atoms with E-state index in [-0.39, 0.29) is 11.6 Å². The highest BCUT2D eigenvalue weighted by Gasteiger charge is 2.40. The fourth-order valence-electron chi connectivity index (χ4n) is 2.60. The molecule has 4 heteroatoms. The van der Waals surface area contributed by atoms with Gasteiger partial charge in [-0.2, -0.15) is 0 Å². The molecular formula is C15H19F2NS. The first-order chi connectivity index (χ1) is 9.24. The Hall–Kier alpha value is -0.610. The van der Waals surface area contributed by atoms with Gasteiger partial charge in [0.25, 0.3) is 0 Å². The maximum atomic E-state index is 13.4. The number of thioether (sulfide) groups is 1. The van der Waals surface area contributed by atoms with Gasteiger partial charge in [-0.05, 0) is 55.7 Å². The Balaban J connectivity index is 1.43. The number of rotatable bonds is 7. The molecule has 0 unspecified atom stereocenters. The minimum absolute atomic E-state index is 0.327. The highest BCUT2D eigenvalue weighted by atomic mass is 32.2. The average molecular weight is 283 g/mol. The maximum Gasteiger partial charge on any atom is 0.136 e. The van der Waals surface area contributed by atoms with Crippen LogP contribution < -0.4 is 5.32 Å². The van der Waals surface area contributed by atoms with Crippen molar-refractivity contribution in [2.75, 3.05) is 12.3 Å². The lowest BCUT2D eigenvalue weighted by molar-refractivity contribution is 0.429. The van der Waals surface area contributed by atoms with Gasteiger partial charge < -0.3 is 5.32 Å². The van der Waals surface area contributed by atoms with Crippen LogP contribution in [0, 0.1) is 23.5 Å². The molecule has 0 amide bonds. The molecule has 2 saturated carbocycles. The number of nitrogens with one attached hydrogen (secondary N) is 1. The number of halogens is 2. The molecule has 0 aliphatic heterocycles. The third kappa shape index (κ3) is 3.69. The first-order valence-electron chi connectivity index (χ1n) is 7.05. The van der Waals surface area contributed by atoms with Gasteiger partial charge in [-0.25, -0.2) is 8.78 Å². The van der Waals surface area contributed by atoms with Gasteiger partial charge in [0.15, 0.2) is 0 Å². The van der Waals surface area contributed by atoms with Crippen LogP contribution in [0.4, 0.5) is 8.78 Å². The van der Waals surface area contributed by atoms with E-state index in [1.165, 1.54) is 49.6 Å². The second kappa shape index (κ2) is 5.80. The minimum Gasteiger partial charge on any atom is -0.313 e. The van der Waals surface area contributed by atoms with Crippen molar-refractivity contribution < 1.29 is 8.78 Å². The van der Waals surface area contributed by atoms with Gasteiger partial charge in [0.2, 0.25) is 0 Å². The zero-order valence-corrected chi connectivity index (χ0v) is 11.7. The van der Waals surface area contributed by atoms with Gasteiger partial charge >= 0.3 is 0 Å². The van der Waals surface area contributed by atoms with E-state index in [1.54, 1.807) is 0 Å². The van der Waals surface area contributed by atoms with E-state index in [0.29, 0.717) is 10.9 Å². The van der Waals surface area contributed by atoms with Gasteiger partial charge in [-0.15, -0.1) is 11.8 Å². The van der Waals surface area contributed by atoms with Gasteiger partial charge in [0, 0.05) is 23.2 Å². The molecule has 0 aromatic heterocycles. The predicted octanol–water partition coefficient (Wildman–Crippen LogP) is 3.84. The SMILES string of the molecule is Fc1ccc(F)c(SCCNC(C2CC2)C2CC2)c1. The molecule has 2 aliphatic carbocycles. The molecule has 1 aromatic rings. The summed E-state index contributed by atoms with van der Waals surface area (Å²) < 4.78 is 26.4. The first-order valence-corrected chi connectivity index (χ1v) is 8.04. The van der Waals surface area contributed by atoms with E-state index in [4.69, 9.17) is 0 Å². The molecular weight excluding hydrogens is 264 g/mol. The average Bonchev–Trinajstić information content (AvgIpc) is 3.26. The summed E-state index contributed by atoms with van der Waals surface area (Å²) in [4.78, 5) is 0.413. The summed E-state index contributed by atoms with van der Waals surface area (Å²) in [6, 6.07) is 4.31. The van der Waals surface area contributed by atoms with Crippen molar-refractivity contribution in [3.63, 3.8) is 0 Å². The molecule has 3 rings (SSSR count). The van der Waals surface area contributed by atoms with E-state index < -0.39 is 0 Å². The molecule has 0 bridgehead atoms. The molecule has 0 radical (unpaired) electrons. The van der Waals surface area contributed by atoms with Crippen molar-refractivity contribution in [2.45, 2.75) is 36.6 Å². The zero-order chi connectivity index (χ0) is 13.2. The summed E-state index contributed by atoms with van der Waals surface area (Å²) in [5.41, 5.74) is 0. The number of hydrogen-bond donors (Lipinski definition) is 1. The Morgan fingerprint density at radius 2 is 1.84 bits per heavy atom. The van der Waals surface area contributed by atoms with Crippen LogP contribution in [0.5, 0.6) is 0 Å². The monoisotopic (exact) mass is 283 g/mol. The summed E-state index contributed by atoms with van der Waals surface area (Å²) in [5.74, 6) is 1.85. The van der Waals surface area contributed by atoms with Crippen molar-refractivity contribution in [3.05, 3.63) is 29.8 Å². The lowest BCUT2D eigenvalue weighted by atomic mass is 10.1. The van der Waals surface area contributed by atoms with Crippen molar-refractivity contribution in [1.29, 1.82) is 0 Å². The van der Waals surface area contributed by atoms with Crippen LogP contribution >= 0.6 is 11.8 Å². The molecule has 1 nitrogen and oxygen atoms in total. The Morgan fingerprint density at radius 3 is 2.47 bits per heavy atom. The lowest BCUT2D eigenvalue weighted by Crippen LogP contribution is -2.34. The molecule has 0 spiro atoms. The topological polar surface area (TPSA) is 12.0 Å².